The van der Waals surface area contributed by atoms with Crippen LogP contribution in [-0.4, -0.2) is 36.4 Å². The lowest BCUT2D eigenvalue weighted by Crippen LogP contribution is -2.38. The van der Waals surface area contributed by atoms with E-state index in [0.717, 1.165) is 37.2 Å². The molecule has 2 aliphatic heterocycles. The Kier molecular flexibility index (Phi) is 6.12. The molecule has 0 atom stereocenters. The summed E-state index contributed by atoms with van der Waals surface area (Å²) in [6.07, 6.45) is 2.04. The molecule has 162 valence electrons. The summed E-state index contributed by atoms with van der Waals surface area (Å²) in [5, 5.41) is 0. The quantitative estimate of drug-likeness (QED) is 0.636. The molecule has 5 heteroatoms. The van der Waals surface area contributed by atoms with Crippen molar-refractivity contribution in [2.24, 2.45) is 11.8 Å². The Bertz CT molecular complexity index is 971. The molecule has 2 heterocycles. The standard InChI is InChI=1S/C26H30N2O3/c1-18(2)17-31-22-11-9-20(10-12-22)23-24(27-15-13-19(3)14-16-27)26(30)28(25(23)29)21-7-5-4-6-8-21/h4-12,18-19H,13-17H2,1-3H3. The molecular weight excluding hydrogens is 388 g/mol. The third kappa shape index (κ3) is 4.36. The fourth-order valence-corrected chi connectivity index (χ4v) is 4.10. The van der Waals surface area contributed by atoms with Crippen LogP contribution in [0.3, 0.4) is 0 Å². The van der Waals surface area contributed by atoms with Gasteiger partial charge in [0.05, 0.1) is 17.9 Å². The Hall–Kier alpha value is -3.08. The monoisotopic (exact) mass is 418 g/mol. The Morgan fingerprint density at radius 2 is 1.58 bits per heavy atom. The van der Waals surface area contributed by atoms with Crippen LogP contribution in [0.1, 0.15) is 39.2 Å². The normalized spacial score (nSPS) is 17.8. The number of carbonyl (C=O) groups excluding carboxylic acids is 2. The maximum atomic E-state index is 13.5. The minimum Gasteiger partial charge on any atom is -0.493 e. The predicted octanol–water partition coefficient (Wildman–Crippen LogP) is 4.74. The van der Waals surface area contributed by atoms with E-state index in [1.807, 2.05) is 42.5 Å². The Labute approximate surface area is 184 Å². The summed E-state index contributed by atoms with van der Waals surface area (Å²) in [6.45, 7) is 8.66. The first-order valence-electron chi connectivity index (χ1n) is 11.1. The summed E-state index contributed by atoms with van der Waals surface area (Å²) in [6, 6.07) is 16.7. The second-order valence-electron chi connectivity index (χ2n) is 8.90. The number of nitrogens with zero attached hydrogens (tertiary/aromatic N) is 2. The molecule has 1 saturated heterocycles. The largest absolute Gasteiger partial charge is 0.493 e. The van der Waals surface area contributed by atoms with Gasteiger partial charge in [-0.1, -0.05) is 51.1 Å². The van der Waals surface area contributed by atoms with Gasteiger partial charge in [0, 0.05) is 13.1 Å². The number of hydrogen-bond acceptors (Lipinski definition) is 4. The van der Waals surface area contributed by atoms with Crippen LogP contribution in [0, 0.1) is 11.8 Å². The van der Waals surface area contributed by atoms with Crippen LogP contribution < -0.4 is 9.64 Å². The summed E-state index contributed by atoms with van der Waals surface area (Å²) in [5.41, 5.74) is 2.37. The zero-order valence-electron chi connectivity index (χ0n) is 18.5. The zero-order valence-corrected chi connectivity index (χ0v) is 18.5. The van der Waals surface area contributed by atoms with E-state index in [0.29, 0.717) is 35.4 Å². The average molecular weight is 419 g/mol. The highest BCUT2D eigenvalue weighted by Crippen LogP contribution is 2.36. The number of likely N-dealkylation sites (tertiary alicyclic amines) is 1. The first-order valence-corrected chi connectivity index (χ1v) is 11.1. The van der Waals surface area contributed by atoms with Crippen molar-refractivity contribution in [1.29, 1.82) is 0 Å². The highest BCUT2D eigenvalue weighted by molar-refractivity contribution is 6.45. The molecule has 0 aliphatic carbocycles. The Morgan fingerprint density at radius 3 is 2.19 bits per heavy atom. The number of para-hydroxylation sites is 1. The number of anilines is 1. The summed E-state index contributed by atoms with van der Waals surface area (Å²) in [5.74, 6) is 1.34. The lowest BCUT2D eigenvalue weighted by atomic mass is 9.97. The van der Waals surface area contributed by atoms with Crippen molar-refractivity contribution in [1.82, 2.24) is 4.90 Å². The van der Waals surface area contributed by atoms with E-state index in [1.54, 1.807) is 12.1 Å². The van der Waals surface area contributed by atoms with Crippen molar-refractivity contribution in [3.8, 4) is 5.75 Å². The molecule has 2 amide bonds. The van der Waals surface area contributed by atoms with Crippen LogP contribution in [0.5, 0.6) is 5.75 Å². The van der Waals surface area contributed by atoms with Gasteiger partial charge in [-0.2, -0.15) is 0 Å². The predicted molar refractivity (Wildman–Crippen MR) is 123 cm³/mol. The van der Waals surface area contributed by atoms with Crippen LogP contribution in [-0.2, 0) is 9.59 Å². The SMILES string of the molecule is CC(C)COc1ccc(C2=C(N3CCC(C)CC3)C(=O)N(c3ccccc3)C2=O)cc1. The molecule has 4 rings (SSSR count). The summed E-state index contributed by atoms with van der Waals surface area (Å²) in [7, 11) is 0. The fourth-order valence-electron chi connectivity index (χ4n) is 4.10. The Balaban J connectivity index is 1.71. The van der Waals surface area contributed by atoms with Crippen molar-refractivity contribution in [3.63, 3.8) is 0 Å². The molecular formula is C26H30N2O3. The topological polar surface area (TPSA) is 49.9 Å². The number of benzene rings is 2. The third-order valence-electron chi connectivity index (χ3n) is 5.90. The molecule has 1 fully saturated rings. The number of rotatable bonds is 6. The maximum absolute atomic E-state index is 13.5. The fraction of sp³-hybridized carbons (Fsp3) is 0.385. The molecule has 0 aromatic heterocycles. The second-order valence-corrected chi connectivity index (χ2v) is 8.90. The molecule has 0 bridgehead atoms. The van der Waals surface area contributed by atoms with Gasteiger partial charge in [0.2, 0.25) is 0 Å². The molecule has 0 spiro atoms. The van der Waals surface area contributed by atoms with E-state index in [1.165, 1.54) is 4.90 Å². The maximum Gasteiger partial charge on any atom is 0.282 e. The van der Waals surface area contributed by atoms with Crippen LogP contribution in [0.25, 0.3) is 5.57 Å². The number of imide groups is 1. The van der Waals surface area contributed by atoms with Gasteiger partial charge in [-0.3, -0.25) is 9.59 Å². The van der Waals surface area contributed by atoms with Crippen LogP contribution in [0.2, 0.25) is 0 Å². The van der Waals surface area contributed by atoms with Gasteiger partial charge in [0.1, 0.15) is 11.4 Å². The Morgan fingerprint density at radius 1 is 0.935 bits per heavy atom. The molecule has 0 radical (unpaired) electrons. The molecule has 0 saturated carbocycles. The van der Waals surface area contributed by atoms with Crippen LogP contribution >= 0.6 is 0 Å². The molecule has 31 heavy (non-hydrogen) atoms. The van der Waals surface area contributed by atoms with E-state index < -0.39 is 0 Å². The number of piperidine rings is 1. The number of carbonyl (C=O) groups is 2. The van der Waals surface area contributed by atoms with Crippen molar-refractivity contribution in [2.75, 3.05) is 24.6 Å². The minimum atomic E-state index is -0.263. The number of ether oxygens (including phenoxy) is 1. The van der Waals surface area contributed by atoms with Gasteiger partial charge in [0.25, 0.3) is 11.8 Å². The van der Waals surface area contributed by atoms with Gasteiger partial charge in [-0.25, -0.2) is 4.90 Å². The van der Waals surface area contributed by atoms with Crippen LogP contribution in [0.4, 0.5) is 5.69 Å². The van der Waals surface area contributed by atoms with Gasteiger partial charge in [-0.05, 0) is 54.5 Å². The second kappa shape index (κ2) is 8.96. The number of hydrogen-bond donors (Lipinski definition) is 0. The molecule has 0 unspecified atom stereocenters. The minimum absolute atomic E-state index is 0.235. The first-order chi connectivity index (χ1) is 15.0. The van der Waals surface area contributed by atoms with Gasteiger partial charge in [0.15, 0.2) is 0 Å². The third-order valence-corrected chi connectivity index (χ3v) is 5.90. The van der Waals surface area contributed by atoms with Gasteiger partial charge < -0.3 is 9.64 Å². The van der Waals surface area contributed by atoms with Crippen LogP contribution in [0.15, 0.2) is 60.3 Å². The summed E-state index contributed by atoms with van der Waals surface area (Å²) >= 11 is 0. The van der Waals surface area contributed by atoms with Crippen molar-refractivity contribution in [2.45, 2.75) is 33.6 Å². The van der Waals surface area contributed by atoms with E-state index in [9.17, 15) is 9.59 Å². The highest BCUT2D eigenvalue weighted by atomic mass is 16.5. The lowest BCUT2D eigenvalue weighted by molar-refractivity contribution is -0.120. The van der Waals surface area contributed by atoms with Crippen molar-refractivity contribution in [3.05, 3.63) is 65.9 Å². The summed E-state index contributed by atoms with van der Waals surface area (Å²) < 4.78 is 5.79. The van der Waals surface area contributed by atoms with E-state index in [-0.39, 0.29) is 11.8 Å². The molecule has 2 aliphatic rings. The van der Waals surface area contributed by atoms with Gasteiger partial charge >= 0.3 is 0 Å². The van der Waals surface area contributed by atoms with E-state index in [2.05, 4.69) is 25.7 Å². The van der Waals surface area contributed by atoms with E-state index in [4.69, 9.17) is 4.74 Å². The highest BCUT2D eigenvalue weighted by Gasteiger charge is 2.42. The molecule has 0 N–H and O–H groups in total. The zero-order chi connectivity index (χ0) is 22.0. The van der Waals surface area contributed by atoms with Gasteiger partial charge in [-0.15, -0.1) is 0 Å². The summed E-state index contributed by atoms with van der Waals surface area (Å²) in [4.78, 5) is 30.4. The number of amides is 2. The lowest BCUT2D eigenvalue weighted by Gasteiger charge is -2.32. The molecule has 2 aromatic rings. The molecule has 2 aromatic carbocycles. The average Bonchev–Trinajstić information content (AvgIpc) is 3.04. The van der Waals surface area contributed by atoms with Crippen molar-refractivity contribution >= 4 is 23.1 Å². The first kappa shape index (κ1) is 21.2. The van der Waals surface area contributed by atoms with E-state index >= 15 is 0 Å². The van der Waals surface area contributed by atoms with Crippen molar-refractivity contribution < 1.29 is 14.3 Å². The smallest absolute Gasteiger partial charge is 0.282 e. The molecule has 5 nitrogen and oxygen atoms in total.